The van der Waals surface area contributed by atoms with Gasteiger partial charge in [-0.25, -0.2) is 15.0 Å². The number of hydrogen-bond acceptors (Lipinski definition) is 9. The van der Waals surface area contributed by atoms with Crippen molar-refractivity contribution in [1.29, 1.82) is 0 Å². The number of aromatic nitrogens is 3. The van der Waals surface area contributed by atoms with Gasteiger partial charge < -0.3 is 29.6 Å². The van der Waals surface area contributed by atoms with Crippen LogP contribution in [0.15, 0.2) is 18.3 Å². The van der Waals surface area contributed by atoms with Crippen LogP contribution in [-0.4, -0.2) is 68.7 Å². The van der Waals surface area contributed by atoms with E-state index in [0.717, 1.165) is 63.6 Å². The van der Waals surface area contributed by atoms with Gasteiger partial charge in [-0.3, -0.25) is 0 Å². The lowest BCUT2D eigenvalue weighted by Gasteiger charge is -2.48. The SMILES string of the molecule is CCCOCC.COc1cc(OC)c(Cl)c(-c2nc(N3CC4(CCOC4)C3)c3cc(N)ncc3n2)c1Cl. The highest BCUT2D eigenvalue weighted by atomic mass is 35.5. The van der Waals surface area contributed by atoms with E-state index >= 15 is 0 Å². The van der Waals surface area contributed by atoms with Gasteiger partial charge in [0.1, 0.15) is 23.1 Å². The van der Waals surface area contributed by atoms with Crippen LogP contribution in [0.1, 0.15) is 26.7 Å². The maximum Gasteiger partial charge on any atom is 0.165 e. The minimum atomic E-state index is 0.185. The second-order valence-electron chi connectivity index (χ2n) is 9.14. The second kappa shape index (κ2) is 11.9. The molecule has 5 rings (SSSR count). The van der Waals surface area contributed by atoms with Gasteiger partial charge in [-0.05, 0) is 25.8 Å². The van der Waals surface area contributed by atoms with E-state index in [-0.39, 0.29) is 5.41 Å². The van der Waals surface area contributed by atoms with E-state index < -0.39 is 0 Å². The number of fused-ring (bicyclic) bond motifs is 1. The van der Waals surface area contributed by atoms with E-state index in [1.165, 1.54) is 14.2 Å². The van der Waals surface area contributed by atoms with Crippen molar-refractivity contribution in [1.82, 2.24) is 15.0 Å². The van der Waals surface area contributed by atoms with E-state index in [0.29, 0.717) is 44.3 Å². The first-order chi connectivity index (χ1) is 17.9. The summed E-state index contributed by atoms with van der Waals surface area (Å²) in [6.45, 7) is 9.16. The molecule has 2 fully saturated rings. The Morgan fingerprint density at radius 1 is 1.08 bits per heavy atom. The summed E-state index contributed by atoms with van der Waals surface area (Å²) in [7, 11) is 3.06. The molecule has 200 valence electrons. The van der Waals surface area contributed by atoms with E-state index in [1.807, 2.05) is 6.92 Å². The Morgan fingerprint density at radius 2 is 1.78 bits per heavy atom. The molecule has 0 aliphatic carbocycles. The fourth-order valence-corrected chi connectivity index (χ4v) is 5.24. The molecule has 0 atom stereocenters. The number of rotatable bonds is 7. The molecule has 11 heteroatoms. The van der Waals surface area contributed by atoms with Crippen LogP contribution in [0, 0.1) is 5.41 Å². The summed E-state index contributed by atoms with van der Waals surface area (Å²) in [6.07, 6.45) is 3.81. The highest BCUT2D eigenvalue weighted by molar-refractivity contribution is 6.41. The van der Waals surface area contributed by atoms with Gasteiger partial charge >= 0.3 is 0 Å². The van der Waals surface area contributed by atoms with Crippen molar-refractivity contribution >= 4 is 45.7 Å². The third-order valence-electron chi connectivity index (χ3n) is 6.47. The van der Waals surface area contributed by atoms with Crippen molar-refractivity contribution in [3.05, 3.63) is 28.4 Å². The maximum atomic E-state index is 6.62. The largest absolute Gasteiger partial charge is 0.495 e. The molecule has 2 N–H and O–H groups in total. The molecule has 2 saturated heterocycles. The maximum absolute atomic E-state index is 6.62. The van der Waals surface area contributed by atoms with E-state index in [1.54, 1.807) is 18.3 Å². The summed E-state index contributed by atoms with van der Waals surface area (Å²) in [4.78, 5) is 16.0. The highest BCUT2D eigenvalue weighted by Gasteiger charge is 2.46. The summed E-state index contributed by atoms with van der Waals surface area (Å²) in [6, 6.07) is 3.43. The van der Waals surface area contributed by atoms with Gasteiger partial charge in [0.05, 0.1) is 48.1 Å². The number of hydrogen-bond donors (Lipinski definition) is 1. The fourth-order valence-electron chi connectivity index (χ4n) is 4.57. The number of benzene rings is 1. The number of anilines is 2. The minimum Gasteiger partial charge on any atom is -0.495 e. The molecular formula is C26H33Cl2N5O4. The Bertz CT molecular complexity index is 1210. The van der Waals surface area contributed by atoms with Gasteiger partial charge in [-0.15, -0.1) is 0 Å². The number of methoxy groups -OCH3 is 2. The Morgan fingerprint density at radius 3 is 2.32 bits per heavy atom. The Labute approximate surface area is 227 Å². The molecular weight excluding hydrogens is 517 g/mol. The van der Waals surface area contributed by atoms with E-state index in [4.69, 9.17) is 52.9 Å². The van der Waals surface area contributed by atoms with Crippen LogP contribution in [0.2, 0.25) is 10.0 Å². The summed E-state index contributed by atoms with van der Waals surface area (Å²) in [5.74, 6) is 2.38. The van der Waals surface area contributed by atoms with E-state index in [9.17, 15) is 0 Å². The van der Waals surface area contributed by atoms with Gasteiger partial charge in [-0.1, -0.05) is 30.1 Å². The number of nitrogens with zero attached hydrogens (tertiary/aromatic N) is 4. The van der Waals surface area contributed by atoms with Gasteiger partial charge in [0, 0.05) is 49.8 Å². The molecule has 3 aromatic rings. The van der Waals surface area contributed by atoms with Crippen LogP contribution in [0.5, 0.6) is 11.5 Å². The first-order valence-electron chi connectivity index (χ1n) is 12.3. The van der Waals surface area contributed by atoms with Crippen molar-refractivity contribution in [2.45, 2.75) is 26.7 Å². The predicted molar refractivity (Wildman–Crippen MR) is 147 cm³/mol. The normalized spacial score (nSPS) is 15.9. The molecule has 0 unspecified atom stereocenters. The van der Waals surface area contributed by atoms with Crippen LogP contribution < -0.4 is 20.1 Å². The smallest absolute Gasteiger partial charge is 0.165 e. The second-order valence-corrected chi connectivity index (χ2v) is 9.89. The van der Waals surface area contributed by atoms with Gasteiger partial charge in [-0.2, -0.15) is 0 Å². The first kappa shape index (κ1) is 27.4. The van der Waals surface area contributed by atoms with Crippen LogP contribution in [0.3, 0.4) is 0 Å². The average molecular weight is 550 g/mol. The van der Waals surface area contributed by atoms with Gasteiger partial charge in [0.25, 0.3) is 0 Å². The number of halogens is 2. The van der Waals surface area contributed by atoms with Crippen molar-refractivity contribution in [3.63, 3.8) is 0 Å². The summed E-state index contributed by atoms with van der Waals surface area (Å²) in [5.41, 5.74) is 7.23. The summed E-state index contributed by atoms with van der Waals surface area (Å²) in [5, 5.41) is 1.45. The van der Waals surface area contributed by atoms with Crippen LogP contribution in [0.4, 0.5) is 11.6 Å². The molecule has 2 aliphatic heterocycles. The summed E-state index contributed by atoms with van der Waals surface area (Å²) < 4.78 is 21.4. The summed E-state index contributed by atoms with van der Waals surface area (Å²) >= 11 is 13.2. The third-order valence-corrected chi connectivity index (χ3v) is 7.22. The lowest BCUT2D eigenvalue weighted by atomic mass is 9.79. The Hall–Kier alpha value is -2.59. The third kappa shape index (κ3) is 5.65. The topological polar surface area (TPSA) is 105 Å². The highest BCUT2D eigenvalue weighted by Crippen LogP contribution is 2.47. The van der Waals surface area contributed by atoms with Crippen LogP contribution >= 0.6 is 23.2 Å². The van der Waals surface area contributed by atoms with Crippen molar-refractivity contribution in [3.8, 4) is 22.9 Å². The minimum absolute atomic E-state index is 0.185. The molecule has 9 nitrogen and oxygen atoms in total. The molecule has 2 aromatic heterocycles. The number of ether oxygens (including phenoxy) is 4. The Kier molecular flexibility index (Phi) is 8.79. The predicted octanol–water partition coefficient (Wildman–Crippen LogP) is 5.26. The Balaban J connectivity index is 0.000000480. The van der Waals surface area contributed by atoms with Crippen LogP contribution in [-0.2, 0) is 9.47 Å². The van der Waals surface area contributed by atoms with Crippen molar-refractivity contribution < 1.29 is 18.9 Å². The lowest BCUT2D eigenvalue weighted by molar-refractivity contribution is 0.131. The number of pyridine rings is 1. The zero-order chi connectivity index (χ0) is 26.6. The molecule has 1 aromatic carbocycles. The van der Waals surface area contributed by atoms with Gasteiger partial charge in [0.15, 0.2) is 5.82 Å². The lowest BCUT2D eigenvalue weighted by Crippen LogP contribution is -2.57. The van der Waals surface area contributed by atoms with Gasteiger partial charge in [0.2, 0.25) is 0 Å². The molecule has 37 heavy (non-hydrogen) atoms. The quantitative estimate of drug-likeness (QED) is 0.395. The first-order valence-corrected chi connectivity index (χ1v) is 13.1. The number of nitrogens with two attached hydrogens (primary N) is 1. The molecule has 1 spiro atoms. The molecule has 0 amide bonds. The molecule has 0 saturated carbocycles. The van der Waals surface area contributed by atoms with Crippen molar-refractivity contribution in [2.24, 2.45) is 5.41 Å². The molecule has 0 radical (unpaired) electrons. The molecule has 4 heterocycles. The zero-order valence-electron chi connectivity index (χ0n) is 21.6. The standard InChI is InChI=1S/C21H21Cl2N5O3.C5H12O/c1-29-13-6-14(30-2)18(23)16(17(13)22)19-26-12-7-25-15(24)5-11(12)20(27-19)28-8-21(9-28)3-4-31-10-21;1-3-5-6-4-2/h5-7H,3-4,8-10H2,1-2H3,(H2,24,25);3-5H2,1-2H3. The zero-order valence-corrected chi connectivity index (χ0v) is 23.2. The molecule has 2 aliphatic rings. The van der Waals surface area contributed by atoms with Crippen LogP contribution in [0.25, 0.3) is 22.3 Å². The monoisotopic (exact) mass is 549 g/mol. The number of nitrogen functional groups attached to an aromatic ring is 1. The average Bonchev–Trinajstić information content (AvgIpc) is 3.38. The van der Waals surface area contributed by atoms with E-state index in [2.05, 4.69) is 21.8 Å². The fraction of sp³-hybridized carbons (Fsp3) is 0.500. The molecule has 0 bridgehead atoms. The van der Waals surface area contributed by atoms with Crippen molar-refractivity contribution in [2.75, 3.05) is 64.4 Å².